The van der Waals surface area contributed by atoms with E-state index in [1.165, 1.54) is 14.2 Å². The van der Waals surface area contributed by atoms with Crippen LogP contribution in [0.25, 0.3) is 0 Å². The summed E-state index contributed by atoms with van der Waals surface area (Å²) in [5.41, 5.74) is 0. The van der Waals surface area contributed by atoms with E-state index in [1.807, 2.05) is 0 Å². The summed E-state index contributed by atoms with van der Waals surface area (Å²) in [6.07, 6.45) is 0. The van der Waals surface area contributed by atoms with Crippen LogP contribution in [0.2, 0.25) is 0 Å². The number of rotatable bonds is 14. The van der Waals surface area contributed by atoms with Crippen molar-refractivity contribution in [2.45, 2.75) is 11.8 Å². The Morgan fingerprint density at radius 1 is 0.571 bits per heavy atom. The number of ether oxygens (including phenoxy) is 5. The normalized spacial score (nSPS) is 12.9. The SMILES string of the molecule is COCC(F)(F)COCCOCCOCC(F)(F)COC. The van der Waals surface area contributed by atoms with Crippen LogP contribution in [0.15, 0.2) is 0 Å². The van der Waals surface area contributed by atoms with Crippen molar-refractivity contribution in [3.63, 3.8) is 0 Å². The zero-order chi connectivity index (χ0) is 16.2. The first-order valence-corrected chi connectivity index (χ1v) is 6.30. The van der Waals surface area contributed by atoms with Gasteiger partial charge in [0.2, 0.25) is 0 Å². The molecule has 0 aromatic carbocycles. The molecule has 9 heteroatoms. The third kappa shape index (κ3) is 12.9. The first-order chi connectivity index (χ1) is 9.83. The highest BCUT2D eigenvalue weighted by Gasteiger charge is 2.29. The molecule has 0 spiro atoms. The largest absolute Gasteiger partial charge is 0.378 e. The van der Waals surface area contributed by atoms with Crippen molar-refractivity contribution in [1.29, 1.82) is 0 Å². The van der Waals surface area contributed by atoms with Crippen LogP contribution < -0.4 is 0 Å². The second kappa shape index (κ2) is 11.1. The summed E-state index contributed by atoms with van der Waals surface area (Å²) < 4.78 is 74.6. The molecule has 128 valence electrons. The van der Waals surface area contributed by atoms with Crippen LogP contribution in [0.5, 0.6) is 0 Å². The maximum atomic E-state index is 12.9. The van der Waals surface area contributed by atoms with Crippen LogP contribution in [-0.4, -0.2) is 78.9 Å². The van der Waals surface area contributed by atoms with Crippen molar-refractivity contribution in [2.24, 2.45) is 0 Å². The lowest BCUT2D eigenvalue weighted by Gasteiger charge is -2.16. The molecule has 0 aromatic rings. The van der Waals surface area contributed by atoms with Crippen LogP contribution in [0.1, 0.15) is 0 Å². The fourth-order valence-corrected chi connectivity index (χ4v) is 1.29. The van der Waals surface area contributed by atoms with Gasteiger partial charge >= 0.3 is 0 Å². The number of halogens is 4. The Morgan fingerprint density at radius 3 is 1.24 bits per heavy atom. The minimum Gasteiger partial charge on any atom is -0.378 e. The number of alkyl halides is 4. The predicted molar refractivity (Wildman–Crippen MR) is 66.1 cm³/mol. The summed E-state index contributed by atoms with van der Waals surface area (Å²) in [4.78, 5) is 0. The van der Waals surface area contributed by atoms with Gasteiger partial charge in [-0.05, 0) is 0 Å². The van der Waals surface area contributed by atoms with Gasteiger partial charge < -0.3 is 23.7 Å². The van der Waals surface area contributed by atoms with Crippen LogP contribution in [-0.2, 0) is 23.7 Å². The van der Waals surface area contributed by atoms with Crippen LogP contribution in [0.3, 0.4) is 0 Å². The summed E-state index contributed by atoms with van der Waals surface area (Å²) >= 11 is 0. The van der Waals surface area contributed by atoms with E-state index in [2.05, 4.69) is 9.47 Å². The molecule has 0 unspecified atom stereocenters. The monoisotopic (exact) mass is 322 g/mol. The molecule has 0 heterocycles. The molecular formula is C12H22F4O5. The molecule has 0 fully saturated rings. The van der Waals surface area contributed by atoms with E-state index in [0.717, 1.165) is 0 Å². The minimum absolute atomic E-state index is 0.0286. The van der Waals surface area contributed by atoms with Crippen molar-refractivity contribution in [3.05, 3.63) is 0 Å². The molecule has 0 atom stereocenters. The van der Waals surface area contributed by atoms with Gasteiger partial charge in [-0.3, -0.25) is 0 Å². The molecule has 21 heavy (non-hydrogen) atoms. The summed E-state index contributed by atoms with van der Waals surface area (Å²) in [5, 5.41) is 0. The third-order valence-corrected chi connectivity index (χ3v) is 2.08. The van der Waals surface area contributed by atoms with E-state index in [4.69, 9.17) is 14.2 Å². The summed E-state index contributed by atoms with van der Waals surface area (Å²) in [5.74, 6) is -6.07. The fraction of sp³-hybridized carbons (Fsp3) is 1.00. The van der Waals surface area contributed by atoms with E-state index >= 15 is 0 Å². The molecule has 0 aliphatic rings. The molecular weight excluding hydrogens is 300 g/mol. The van der Waals surface area contributed by atoms with Gasteiger partial charge in [-0.1, -0.05) is 0 Å². The standard InChI is InChI=1S/C12H22F4O5/c1-17-7-11(13,14)9-20-5-3-19-4-6-21-10-12(15,16)8-18-2/h3-10H2,1-2H3. The zero-order valence-corrected chi connectivity index (χ0v) is 12.2. The van der Waals surface area contributed by atoms with Gasteiger partial charge in [-0.25, -0.2) is 17.6 Å². The smallest absolute Gasteiger partial charge is 0.293 e. The van der Waals surface area contributed by atoms with Crippen molar-refractivity contribution in [2.75, 3.05) is 67.1 Å². The quantitative estimate of drug-likeness (QED) is 0.359. The first kappa shape index (κ1) is 20.5. The van der Waals surface area contributed by atoms with Crippen molar-refractivity contribution in [1.82, 2.24) is 0 Å². The van der Waals surface area contributed by atoms with Crippen molar-refractivity contribution >= 4 is 0 Å². The second-order valence-corrected chi connectivity index (χ2v) is 4.30. The number of methoxy groups -OCH3 is 2. The molecule has 0 aromatic heterocycles. The van der Waals surface area contributed by atoms with E-state index < -0.39 is 38.3 Å². The highest BCUT2D eigenvalue weighted by atomic mass is 19.3. The molecule has 0 aliphatic carbocycles. The van der Waals surface area contributed by atoms with E-state index in [9.17, 15) is 17.6 Å². The molecule has 0 amide bonds. The Labute approximate surface area is 121 Å². The number of hydrogen-bond acceptors (Lipinski definition) is 5. The molecule has 0 radical (unpaired) electrons. The van der Waals surface area contributed by atoms with Crippen LogP contribution >= 0.6 is 0 Å². The molecule has 0 rings (SSSR count). The van der Waals surface area contributed by atoms with Gasteiger partial charge in [0.1, 0.15) is 26.4 Å². The van der Waals surface area contributed by atoms with Gasteiger partial charge in [-0.2, -0.15) is 0 Å². The molecule has 0 saturated heterocycles. The Morgan fingerprint density at radius 2 is 0.905 bits per heavy atom. The Hall–Kier alpha value is -0.480. The summed E-state index contributed by atoms with van der Waals surface area (Å²) in [7, 11) is 2.35. The summed E-state index contributed by atoms with van der Waals surface area (Å²) in [6, 6.07) is 0. The Bertz CT molecular complexity index is 230. The lowest BCUT2D eigenvalue weighted by molar-refractivity contribution is -0.127. The predicted octanol–water partition coefficient (Wildman–Crippen LogP) is 1.60. The molecule has 5 nitrogen and oxygen atoms in total. The molecule has 0 N–H and O–H groups in total. The third-order valence-electron chi connectivity index (χ3n) is 2.08. The second-order valence-electron chi connectivity index (χ2n) is 4.30. The Kier molecular flexibility index (Phi) is 10.9. The molecule has 0 aliphatic heterocycles. The van der Waals surface area contributed by atoms with Crippen molar-refractivity contribution < 1.29 is 41.2 Å². The summed E-state index contributed by atoms with van der Waals surface area (Å²) in [6.45, 7) is -2.86. The highest BCUT2D eigenvalue weighted by molar-refractivity contribution is 4.63. The maximum absolute atomic E-state index is 12.9. The van der Waals surface area contributed by atoms with Crippen LogP contribution in [0, 0.1) is 0 Å². The maximum Gasteiger partial charge on any atom is 0.293 e. The highest BCUT2D eigenvalue weighted by Crippen LogP contribution is 2.14. The van der Waals surface area contributed by atoms with Crippen LogP contribution in [0.4, 0.5) is 17.6 Å². The lowest BCUT2D eigenvalue weighted by Crippen LogP contribution is -2.30. The number of hydrogen-bond donors (Lipinski definition) is 0. The average Bonchev–Trinajstić information content (AvgIpc) is 2.36. The van der Waals surface area contributed by atoms with E-state index in [1.54, 1.807) is 0 Å². The van der Waals surface area contributed by atoms with E-state index in [0.29, 0.717) is 0 Å². The molecule has 0 bridgehead atoms. The van der Waals surface area contributed by atoms with Gasteiger partial charge in [0.25, 0.3) is 11.8 Å². The topological polar surface area (TPSA) is 46.2 Å². The van der Waals surface area contributed by atoms with Crippen molar-refractivity contribution in [3.8, 4) is 0 Å². The van der Waals surface area contributed by atoms with Gasteiger partial charge in [-0.15, -0.1) is 0 Å². The van der Waals surface area contributed by atoms with Gasteiger partial charge in [0.15, 0.2) is 0 Å². The van der Waals surface area contributed by atoms with Gasteiger partial charge in [0.05, 0.1) is 26.4 Å². The minimum atomic E-state index is -3.04. The van der Waals surface area contributed by atoms with E-state index in [-0.39, 0.29) is 26.4 Å². The first-order valence-electron chi connectivity index (χ1n) is 6.30. The fourth-order valence-electron chi connectivity index (χ4n) is 1.29. The zero-order valence-electron chi connectivity index (χ0n) is 12.2. The lowest BCUT2D eigenvalue weighted by atomic mass is 10.4. The molecule has 0 saturated carbocycles. The van der Waals surface area contributed by atoms with Gasteiger partial charge in [0, 0.05) is 14.2 Å². The average molecular weight is 322 g/mol. The Balaban J connectivity index is 3.37.